The molecule has 0 saturated carbocycles. The highest BCUT2D eigenvalue weighted by molar-refractivity contribution is 9.10. The molecule has 8 nitrogen and oxygen atoms in total. The van der Waals surface area contributed by atoms with E-state index in [2.05, 4.69) is 20.9 Å². The van der Waals surface area contributed by atoms with Gasteiger partial charge in [0, 0.05) is 21.6 Å². The molecular formula is C28H26BrN3O5S. The van der Waals surface area contributed by atoms with E-state index in [1.165, 1.54) is 11.7 Å². The summed E-state index contributed by atoms with van der Waals surface area (Å²) in [6, 6.07) is 11.9. The largest absolute Gasteiger partial charge is 0.496 e. The lowest BCUT2D eigenvalue weighted by atomic mass is 9.95. The summed E-state index contributed by atoms with van der Waals surface area (Å²) >= 11 is 4.66. The van der Waals surface area contributed by atoms with E-state index >= 15 is 0 Å². The number of fused-ring (bicyclic) bond motifs is 2. The standard InChI is InChI=1S/C28H26BrN3O5S/c1-6-37-27(35)21-15(4)30-28-32(23(21)18-13-16(29)11-12-20(18)36-5)26(34)24(38-28)22-17-9-7-8-10-19(17)31(14(2)3)25(22)33/h7-14,23H,6H2,1-5H3/b24-22-/t23-/m1/s1. The van der Waals surface area contributed by atoms with Crippen LogP contribution in [0.25, 0.3) is 5.57 Å². The number of aromatic nitrogens is 1. The number of ether oxygens (including phenoxy) is 2. The Morgan fingerprint density at radius 1 is 1.18 bits per heavy atom. The highest BCUT2D eigenvalue weighted by Gasteiger charge is 2.38. The first-order chi connectivity index (χ1) is 18.2. The number of halogens is 1. The van der Waals surface area contributed by atoms with Gasteiger partial charge in [-0.05, 0) is 52.0 Å². The first-order valence-electron chi connectivity index (χ1n) is 12.2. The van der Waals surface area contributed by atoms with Crippen molar-refractivity contribution in [2.75, 3.05) is 18.6 Å². The Bertz CT molecular complexity index is 1700. The summed E-state index contributed by atoms with van der Waals surface area (Å²) in [5.74, 6) is -0.294. The first kappa shape index (κ1) is 26.1. The number of esters is 1. The molecule has 0 spiro atoms. The molecule has 2 aliphatic heterocycles. The van der Waals surface area contributed by atoms with Gasteiger partial charge in [-0.2, -0.15) is 0 Å². The van der Waals surface area contributed by atoms with E-state index in [1.54, 1.807) is 24.8 Å². The summed E-state index contributed by atoms with van der Waals surface area (Å²) in [6.07, 6.45) is 0. The minimum Gasteiger partial charge on any atom is -0.496 e. The number of carbonyl (C=O) groups is 2. The molecule has 38 heavy (non-hydrogen) atoms. The van der Waals surface area contributed by atoms with Crippen molar-refractivity contribution < 1.29 is 19.1 Å². The predicted molar refractivity (Wildman–Crippen MR) is 149 cm³/mol. The number of para-hydroxylation sites is 1. The number of allylic oxidation sites excluding steroid dienone is 1. The average Bonchev–Trinajstić information content (AvgIpc) is 3.35. The van der Waals surface area contributed by atoms with Gasteiger partial charge in [-0.15, -0.1) is 0 Å². The number of thiazole rings is 1. The zero-order valence-corrected chi connectivity index (χ0v) is 24.0. The van der Waals surface area contributed by atoms with Crippen LogP contribution in [0.1, 0.15) is 44.9 Å². The molecule has 2 aliphatic rings. The van der Waals surface area contributed by atoms with Gasteiger partial charge in [-0.25, -0.2) is 9.79 Å². The van der Waals surface area contributed by atoms with Crippen molar-refractivity contribution in [2.45, 2.75) is 39.8 Å². The summed E-state index contributed by atoms with van der Waals surface area (Å²) in [7, 11) is 1.54. The maximum atomic E-state index is 14.2. The van der Waals surface area contributed by atoms with Crippen molar-refractivity contribution in [1.82, 2.24) is 4.57 Å². The molecular weight excluding hydrogens is 570 g/mol. The van der Waals surface area contributed by atoms with Crippen LogP contribution in [0.3, 0.4) is 0 Å². The van der Waals surface area contributed by atoms with Gasteiger partial charge in [-0.3, -0.25) is 14.2 Å². The Labute approximate surface area is 231 Å². The van der Waals surface area contributed by atoms with E-state index in [4.69, 9.17) is 9.47 Å². The van der Waals surface area contributed by atoms with E-state index in [-0.39, 0.29) is 28.7 Å². The third-order valence-corrected chi connectivity index (χ3v) is 8.13. The van der Waals surface area contributed by atoms with Crippen LogP contribution in [0.2, 0.25) is 0 Å². The fourth-order valence-corrected chi connectivity index (χ4v) is 6.54. The third-order valence-electron chi connectivity index (χ3n) is 6.59. The topological polar surface area (TPSA) is 90.2 Å². The van der Waals surface area contributed by atoms with Crippen LogP contribution < -0.4 is 24.5 Å². The number of methoxy groups -OCH3 is 1. The van der Waals surface area contributed by atoms with E-state index in [0.717, 1.165) is 21.5 Å². The van der Waals surface area contributed by atoms with Crippen molar-refractivity contribution in [3.05, 3.63) is 89.0 Å². The molecule has 1 aromatic heterocycles. The van der Waals surface area contributed by atoms with Gasteiger partial charge in [0.2, 0.25) is 0 Å². The van der Waals surface area contributed by atoms with Gasteiger partial charge in [0.1, 0.15) is 16.3 Å². The number of benzene rings is 2. The molecule has 0 radical (unpaired) electrons. The zero-order valence-electron chi connectivity index (χ0n) is 21.6. The van der Waals surface area contributed by atoms with Crippen LogP contribution in [-0.4, -0.2) is 36.2 Å². The molecule has 0 bridgehead atoms. The van der Waals surface area contributed by atoms with Crippen LogP contribution in [0.15, 0.2) is 68.0 Å². The number of hydrogen-bond donors (Lipinski definition) is 0. The molecule has 0 saturated heterocycles. The molecule has 1 atom stereocenters. The molecule has 0 fully saturated rings. The smallest absolute Gasteiger partial charge is 0.338 e. The summed E-state index contributed by atoms with van der Waals surface area (Å²) in [5.41, 5.74) is 2.69. The molecule has 196 valence electrons. The average molecular weight is 597 g/mol. The Balaban J connectivity index is 1.86. The second kappa shape index (κ2) is 9.99. The SMILES string of the molecule is CCOC(=O)C1=C(C)N=c2s/c(=C3\C(=O)N(C(C)C)c4ccccc43)c(=O)n2[C@@H]1c1cc(Br)ccc1OC. The van der Waals surface area contributed by atoms with Crippen LogP contribution in [0.4, 0.5) is 5.69 Å². The summed E-state index contributed by atoms with van der Waals surface area (Å²) in [6.45, 7) is 7.49. The lowest BCUT2D eigenvalue weighted by molar-refractivity contribution is -0.139. The van der Waals surface area contributed by atoms with Gasteiger partial charge in [0.05, 0.1) is 36.2 Å². The Kier molecular flexibility index (Phi) is 6.87. The van der Waals surface area contributed by atoms with E-state index < -0.39 is 17.6 Å². The van der Waals surface area contributed by atoms with Gasteiger partial charge in [0.15, 0.2) is 4.80 Å². The van der Waals surface area contributed by atoms with Crippen molar-refractivity contribution >= 4 is 50.4 Å². The quantitative estimate of drug-likeness (QED) is 0.420. The predicted octanol–water partition coefficient (Wildman–Crippen LogP) is 3.69. The third kappa shape index (κ3) is 4.03. The molecule has 0 unspecified atom stereocenters. The van der Waals surface area contributed by atoms with Crippen molar-refractivity contribution in [1.29, 1.82) is 0 Å². The minimum atomic E-state index is -0.861. The molecule has 5 rings (SSSR count). The van der Waals surface area contributed by atoms with Crippen molar-refractivity contribution in [2.24, 2.45) is 4.99 Å². The van der Waals surface area contributed by atoms with E-state index in [0.29, 0.717) is 32.9 Å². The number of amides is 1. The molecule has 10 heteroatoms. The van der Waals surface area contributed by atoms with Crippen LogP contribution in [0.5, 0.6) is 5.75 Å². The molecule has 3 heterocycles. The van der Waals surface area contributed by atoms with Gasteiger partial charge < -0.3 is 14.4 Å². The van der Waals surface area contributed by atoms with Gasteiger partial charge in [-0.1, -0.05) is 45.5 Å². The number of rotatable bonds is 5. The fourth-order valence-electron chi connectivity index (χ4n) is 5.03. The van der Waals surface area contributed by atoms with E-state index in [9.17, 15) is 14.4 Å². The molecule has 2 aromatic carbocycles. The van der Waals surface area contributed by atoms with Crippen molar-refractivity contribution in [3.63, 3.8) is 0 Å². The number of hydrogen-bond acceptors (Lipinski definition) is 7. The summed E-state index contributed by atoms with van der Waals surface area (Å²) in [4.78, 5) is 47.9. The van der Waals surface area contributed by atoms with Gasteiger partial charge in [0.25, 0.3) is 11.5 Å². The van der Waals surface area contributed by atoms with Gasteiger partial charge >= 0.3 is 5.97 Å². The molecule has 1 amide bonds. The molecule has 3 aromatic rings. The zero-order chi connectivity index (χ0) is 27.3. The summed E-state index contributed by atoms with van der Waals surface area (Å²) < 4.78 is 13.5. The fraction of sp³-hybridized carbons (Fsp3) is 0.286. The highest BCUT2D eigenvalue weighted by Crippen LogP contribution is 2.39. The normalized spacial score (nSPS) is 17.9. The Morgan fingerprint density at radius 3 is 2.61 bits per heavy atom. The number of nitrogens with zero attached hydrogens (tertiary/aromatic N) is 3. The monoisotopic (exact) mass is 595 g/mol. The first-order valence-corrected chi connectivity index (χ1v) is 13.8. The minimum absolute atomic E-state index is 0.0961. The lowest BCUT2D eigenvalue weighted by Gasteiger charge is -2.26. The Morgan fingerprint density at radius 2 is 1.92 bits per heavy atom. The second-order valence-corrected chi connectivity index (χ2v) is 11.1. The highest BCUT2D eigenvalue weighted by atomic mass is 79.9. The Hall–Kier alpha value is -3.50. The molecule has 0 N–H and O–H groups in total. The molecule has 0 aliphatic carbocycles. The van der Waals surface area contributed by atoms with Crippen LogP contribution in [0, 0.1) is 0 Å². The maximum Gasteiger partial charge on any atom is 0.338 e. The number of carbonyl (C=O) groups excluding carboxylic acids is 2. The van der Waals surface area contributed by atoms with Crippen molar-refractivity contribution in [3.8, 4) is 5.75 Å². The van der Waals surface area contributed by atoms with Crippen LogP contribution >= 0.6 is 27.3 Å². The summed E-state index contributed by atoms with van der Waals surface area (Å²) in [5, 5.41) is 0. The van der Waals surface area contributed by atoms with Crippen LogP contribution in [-0.2, 0) is 14.3 Å². The van der Waals surface area contributed by atoms with E-state index in [1.807, 2.05) is 50.2 Å². The number of anilines is 1. The lowest BCUT2D eigenvalue weighted by Crippen LogP contribution is -2.41. The maximum absolute atomic E-state index is 14.2. The second-order valence-electron chi connectivity index (χ2n) is 9.17.